The summed E-state index contributed by atoms with van der Waals surface area (Å²) in [6.07, 6.45) is 2.34. The van der Waals surface area contributed by atoms with E-state index >= 15 is 0 Å². The number of hydrogen-bond acceptors (Lipinski definition) is 9. The third kappa shape index (κ3) is 4.87. The van der Waals surface area contributed by atoms with Crippen LogP contribution in [0.1, 0.15) is 58.3 Å². The van der Waals surface area contributed by atoms with Crippen molar-refractivity contribution < 1.29 is 13.9 Å². The number of methoxy groups -OCH3 is 1. The fraction of sp³-hybridized carbons (Fsp3) is 0.346. The van der Waals surface area contributed by atoms with Crippen LogP contribution in [0.25, 0.3) is 11.6 Å². The number of aromatic nitrogens is 4. The molecule has 4 aromatic rings. The molecule has 1 fully saturated rings. The second kappa shape index (κ2) is 9.79. The van der Waals surface area contributed by atoms with Crippen LogP contribution in [0, 0.1) is 6.92 Å². The second-order valence-corrected chi connectivity index (χ2v) is 10.1. The monoisotopic (exact) mass is 504 g/mol. The summed E-state index contributed by atoms with van der Waals surface area (Å²) in [5.41, 5.74) is 8.49. The third-order valence-corrected chi connectivity index (χ3v) is 7.30. The van der Waals surface area contributed by atoms with E-state index < -0.39 is 5.54 Å². The first-order chi connectivity index (χ1) is 17.3. The van der Waals surface area contributed by atoms with Gasteiger partial charge in [0.25, 0.3) is 11.8 Å². The lowest BCUT2D eigenvalue weighted by atomic mass is 9.94. The minimum Gasteiger partial charge on any atom is -0.481 e. The Bertz CT molecular complexity index is 1370. The predicted molar refractivity (Wildman–Crippen MR) is 136 cm³/mol. The lowest BCUT2D eigenvalue weighted by molar-refractivity contribution is 0.0735. The van der Waals surface area contributed by atoms with E-state index in [9.17, 15) is 4.79 Å². The fourth-order valence-corrected chi connectivity index (χ4v) is 5.40. The molecule has 5 rings (SSSR count). The first-order valence-electron chi connectivity index (χ1n) is 11.8. The molecular weight excluding hydrogens is 476 g/mol. The second-order valence-electron chi connectivity index (χ2n) is 9.26. The van der Waals surface area contributed by atoms with Gasteiger partial charge < -0.3 is 19.8 Å². The topological polar surface area (TPSA) is 120 Å². The minimum atomic E-state index is -0.876. The molecule has 1 saturated heterocycles. The van der Waals surface area contributed by atoms with Crippen LogP contribution in [-0.4, -0.2) is 44.6 Å². The largest absolute Gasteiger partial charge is 0.481 e. The predicted octanol–water partition coefficient (Wildman–Crippen LogP) is 4.30. The Morgan fingerprint density at radius 1 is 1.25 bits per heavy atom. The summed E-state index contributed by atoms with van der Waals surface area (Å²) in [6, 6.07) is 13.1. The van der Waals surface area contributed by atoms with E-state index in [2.05, 4.69) is 20.2 Å². The van der Waals surface area contributed by atoms with E-state index in [0.717, 1.165) is 29.1 Å². The van der Waals surface area contributed by atoms with Gasteiger partial charge in [0.1, 0.15) is 10.7 Å². The van der Waals surface area contributed by atoms with Crippen molar-refractivity contribution in [1.82, 2.24) is 25.1 Å². The Labute approximate surface area is 213 Å². The smallest absolute Gasteiger partial charge is 0.266 e. The summed E-state index contributed by atoms with van der Waals surface area (Å²) < 4.78 is 11.4. The van der Waals surface area contributed by atoms with Gasteiger partial charge in [0.05, 0.1) is 18.7 Å². The molecule has 186 valence electrons. The van der Waals surface area contributed by atoms with Crippen LogP contribution in [0.5, 0.6) is 5.88 Å². The molecule has 0 unspecified atom stereocenters. The number of carbonyl (C=O) groups excluding carboxylic acids is 1. The summed E-state index contributed by atoms with van der Waals surface area (Å²) in [5, 5.41) is 11.4. The highest BCUT2D eigenvalue weighted by Gasteiger charge is 2.34. The molecule has 2 atom stereocenters. The quantitative estimate of drug-likeness (QED) is 0.396. The Morgan fingerprint density at radius 3 is 2.78 bits per heavy atom. The number of nitrogens with zero attached hydrogens (tertiary/aromatic N) is 5. The number of ether oxygens (including phenoxy) is 1. The normalized spacial score (nSPS) is 17.2. The van der Waals surface area contributed by atoms with Gasteiger partial charge in [-0.2, -0.15) is 0 Å². The van der Waals surface area contributed by atoms with Crippen molar-refractivity contribution in [2.75, 3.05) is 13.7 Å². The Balaban J connectivity index is 1.42. The summed E-state index contributed by atoms with van der Waals surface area (Å²) in [7, 11) is 1.51. The molecule has 0 radical (unpaired) electrons. The zero-order valence-corrected chi connectivity index (χ0v) is 21.3. The van der Waals surface area contributed by atoms with Crippen molar-refractivity contribution in [1.29, 1.82) is 0 Å². The summed E-state index contributed by atoms with van der Waals surface area (Å²) in [4.78, 5) is 24.5. The molecule has 36 heavy (non-hydrogen) atoms. The van der Waals surface area contributed by atoms with E-state index in [4.69, 9.17) is 14.9 Å². The number of hydrogen-bond donors (Lipinski definition) is 1. The maximum atomic E-state index is 13.6. The molecule has 10 heteroatoms. The van der Waals surface area contributed by atoms with Crippen LogP contribution in [0.4, 0.5) is 0 Å². The first kappa shape index (κ1) is 24.1. The number of rotatable bonds is 7. The highest BCUT2D eigenvalue weighted by atomic mass is 32.1. The minimum absolute atomic E-state index is 0.0373. The molecule has 1 amide bonds. The Kier molecular flexibility index (Phi) is 6.55. The van der Waals surface area contributed by atoms with Crippen molar-refractivity contribution in [2.45, 2.75) is 44.7 Å². The van der Waals surface area contributed by atoms with E-state index in [0.29, 0.717) is 24.2 Å². The molecule has 4 heterocycles. The number of nitrogens with two attached hydrogens (primary N) is 1. The Morgan fingerprint density at radius 2 is 2.06 bits per heavy atom. The van der Waals surface area contributed by atoms with Crippen LogP contribution in [0.15, 0.2) is 52.3 Å². The zero-order valence-electron chi connectivity index (χ0n) is 20.5. The number of likely N-dealkylation sites (tertiary alicyclic amines) is 1. The van der Waals surface area contributed by atoms with Crippen LogP contribution < -0.4 is 10.5 Å². The van der Waals surface area contributed by atoms with Crippen molar-refractivity contribution in [2.24, 2.45) is 5.73 Å². The molecular formula is C26H28N6O3S. The number of amides is 1. The average molecular weight is 505 g/mol. The number of carbonyl (C=O) groups is 1. The van der Waals surface area contributed by atoms with Gasteiger partial charge in [0, 0.05) is 29.2 Å². The molecule has 0 aliphatic carbocycles. The van der Waals surface area contributed by atoms with Crippen LogP contribution in [0.3, 0.4) is 0 Å². The van der Waals surface area contributed by atoms with Crippen molar-refractivity contribution in [3.05, 3.63) is 75.6 Å². The van der Waals surface area contributed by atoms with Gasteiger partial charge in [0.15, 0.2) is 0 Å². The van der Waals surface area contributed by atoms with Gasteiger partial charge >= 0.3 is 0 Å². The SMILES string of the molecule is COc1cc(C(=O)N2CCC[C@@H]2c2nc(C)cs2)cc(-c2nnc([C@@](C)(N)Cc3ccccc3)o2)n1. The standard InChI is InChI=1S/C26H28N6O3S/c1-16-15-36-23(28-16)20-10-7-11-32(20)24(33)18-12-19(29-21(13-18)34-3)22-30-31-25(35-22)26(2,27)14-17-8-5-4-6-9-17/h4-6,8-9,12-13,15,20H,7,10-11,14,27H2,1-3H3/t20-,26+/m1/s1. The maximum Gasteiger partial charge on any atom is 0.266 e. The summed E-state index contributed by atoms with van der Waals surface area (Å²) in [6.45, 7) is 4.48. The molecule has 0 saturated carbocycles. The van der Waals surface area contributed by atoms with E-state index in [-0.39, 0.29) is 29.6 Å². The summed E-state index contributed by atoms with van der Waals surface area (Å²) in [5.74, 6) is 0.643. The highest BCUT2D eigenvalue weighted by Crippen LogP contribution is 2.35. The van der Waals surface area contributed by atoms with Crippen molar-refractivity contribution in [3.63, 3.8) is 0 Å². The van der Waals surface area contributed by atoms with Gasteiger partial charge in [-0.1, -0.05) is 30.3 Å². The van der Waals surface area contributed by atoms with Gasteiger partial charge in [-0.3, -0.25) is 4.79 Å². The van der Waals surface area contributed by atoms with Crippen LogP contribution in [-0.2, 0) is 12.0 Å². The van der Waals surface area contributed by atoms with Crippen molar-refractivity contribution >= 4 is 17.2 Å². The molecule has 9 nitrogen and oxygen atoms in total. The molecule has 0 bridgehead atoms. The maximum absolute atomic E-state index is 13.6. The zero-order chi connectivity index (χ0) is 25.3. The van der Waals surface area contributed by atoms with Gasteiger partial charge in [-0.25, -0.2) is 9.97 Å². The number of benzene rings is 1. The number of aryl methyl sites for hydroxylation is 1. The van der Waals surface area contributed by atoms with Crippen molar-refractivity contribution in [3.8, 4) is 17.5 Å². The third-order valence-electron chi connectivity index (χ3n) is 6.24. The van der Waals surface area contributed by atoms with Gasteiger partial charge in [-0.15, -0.1) is 21.5 Å². The van der Waals surface area contributed by atoms with Gasteiger partial charge in [-0.05, 0) is 44.7 Å². The highest BCUT2D eigenvalue weighted by molar-refractivity contribution is 7.09. The Hall–Kier alpha value is -3.63. The number of thiazole rings is 1. The fourth-order valence-electron chi connectivity index (χ4n) is 4.45. The molecule has 2 N–H and O–H groups in total. The molecule has 3 aromatic heterocycles. The molecule has 1 aliphatic rings. The molecule has 0 spiro atoms. The molecule has 1 aliphatic heterocycles. The lowest BCUT2D eigenvalue weighted by Gasteiger charge is -2.23. The van der Waals surface area contributed by atoms with Crippen LogP contribution in [0.2, 0.25) is 0 Å². The summed E-state index contributed by atoms with van der Waals surface area (Å²) >= 11 is 1.59. The lowest BCUT2D eigenvalue weighted by Crippen LogP contribution is -2.35. The molecule has 1 aromatic carbocycles. The van der Waals surface area contributed by atoms with E-state index in [1.807, 2.05) is 54.5 Å². The average Bonchev–Trinajstić information content (AvgIpc) is 3.64. The first-order valence-corrected chi connectivity index (χ1v) is 12.7. The number of pyridine rings is 1. The van der Waals surface area contributed by atoms with Crippen LogP contribution >= 0.6 is 11.3 Å². The van der Waals surface area contributed by atoms with E-state index in [1.165, 1.54) is 7.11 Å². The van der Waals surface area contributed by atoms with E-state index in [1.54, 1.807) is 23.5 Å². The van der Waals surface area contributed by atoms with Gasteiger partial charge in [0.2, 0.25) is 11.8 Å².